The van der Waals surface area contributed by atoms with Crippen molar-refractivity contribution in [1.82, 2.24) is 15.0 Å². The van der Waals surface area contributed by atoms with E-state index in [1.165, 1.54) is 5.56 Å². The highest BCUT2D eigenvalue weighted by molar-refractivity contribution is 6.31. The zero-order valence-electron chi connectivity index (χ0n) is 15.2. The van der Waals surface area contributed by atoms with Gasteiger partial charge in [0.15, 0.2) is 0 Å². The molecule has 26 heavy (non-hydrogen) atoms. The lowest BCUT2D eigenvalue weighted by Crippen LogP contribution is -2.23. The van der Waals surface area contributed by atoms with E-state index in [4.69, 9.17) is 11.6 Å². The topological polar surface area (TPSA) is 53.9 Å². The predicted molar refractivity (Wildman–Crippen MR) is 107 cm³/mol. The molecule has 0 fully saturated rings. The van der Waals surface area contributed by atoms with Gasteiger partial charge in [-0.2, -0.15) is 4.98 Å². The van der Waals surface area contributed by atoms with Crippen LogP contribution in [0.25, 0.3) is 0 Å². The number of nitrogens with zero attached hydrogens (tertiary/aromatic N) is 4. The summed E-state index contributed by atoms with van der Waals surface area (Å²) in [6.45, 7) is 4.77. The highest BCUT2D eigenvalue weighted by atomic mass is 35.5. The summed E-state index contributed by atoms with van der Waals surface area (Å²) in [4.78, 5) is 15.3. The first-order chi connectivity index (χ1) is 12.5. The summed E-state index contributed by atoms with van der Waals surface area (Å²) in [7, 11) is 2.00. The summed E-state index contributed by atoms with van der Waals surface area (Å²) in [5.41, 5.74) is 4.11. The van der Waals surface area contributed by atoms with Gasteiger partial charge in [-0.3, -0.25) is 4.98 Å². The second-order valence-electron chi connectivity index (χ2n) is 6.31. The largest absolute Gasteiger partial charge is 0.343 e. The van der Waals surface area contributed by atoms with Crippen molar-refractivity contribution < 1.29 is 0 Å². The number of hydrogen-bond donors (Lipinski definition) is 1. The molecule has 0 aliphatic rings. The van der Waals surface area contributed by atoms with Gasteiger partial charge < -0.3 is 10.2 Å². The molecule has 0 spiro atoms. The molecule has 0 bridgehead atoms. The van der Waals surface area contributed by atoms with E-state index in [-0.39, 0.29) is 0 Å². The Hall–Kier alpha value is -2.66. The van der Waals surface area contributed by atoms with Gasteiger partial charge >= 0.3 is 0 Å². The molecule has 0 unspecified atom stereocenters. The quantitative estimate of drug-likeness (QED) is 0.691. The van der Waals surface area contributed by atoms with Crippen LogP contribution in [0.1, 0.15) is 16.8 Å². The van der Waals surface area contributed by atoms with Crippen LogP contribution < -0.4 is 10.2 Å². The molecule has 5 nitrogen and oxygen atoms in total. The second kappa shape index (κ2) is 8.15. The number of rotatable bonds is 6. The Morgan fingerprint density at radius 1 is 1.04 bits per heavy atom. The van der Waals surface area contributed by atoms with Crippen molar-refractivity contribution >= 4 is 29.1 Å². The first-order valence-electron chi connectivity index (χ1n) is 8.50. The van der Waals surface area contributed by atoms with Gasteiger partial charge in [0.25, 0.3) is 0 Å². The molecule has 0 aliphatic heterocycles. The van der Waals surface area contributed by atoms with Gasteiger partial charge in [-0.1, -0.05) is 17.7 Å². The van der Waals surface area contributed by atoms with Gasteiger partial charge in [0, 0.05) is 48.5 Å². The van der Waals surface area contributed by atoms with Crippen LogP contribution in [0, 0.1) is 13.8 Å². The molecule has 0 amide bonds. The third-order valence-electron chi connectivity index (χ3n) is 4.11. The lowest BCUT2D eigenvalue weighted by molar-refractivity contribution is 0.833. The maximum atomic E-state index is 6.21. The normalized spacial score (nSPS) is 10.6. The zero-order valence-corrected chi connectivity index (χ0v) is 16.0. The number of hydrogen-bond acceptors (Lipinski definition) is 5. The molecule has 0 saturated carbocycles. The van der Waals surface area contributed by atoms with E-state index in [9.17, 15) is 0 Å². The molecule has 2 heterocycles. The Morgan fingerprint density at radius 3 is 2.54 bits per heavy atom. The zero-order chi connectivity index (χ0) is 18.5. The van der Waals surface area contributed by atoms with E-state index in [1.807, 2.05) is 69.7 Å². The first kappa shape index (κ1) is 18.1. The third-order valence-corrected chi connectivity index (χ3v) is 4.52. The lowest BCUT2D eigenvalue weighted by Gasteiger charge is -2.18. The Bertz CT molecular complexity index is 883. The van der Waals surface area contributed by atoms with E-state index in [2.05, 4.69) is 25.2 Å². The van der Waals surface area contributed by atoms with Crippen LogP contribution in [0.3, 0.4) is 0 Å². The summed E-state index contributed by atoms with van der Waals surface area (Å²) < 4.78 is 0. The van der Waals surface area contributed by atoms with Gasteiger partial charge in [0.1, 0.15) is 5.82 Å². The summed E-state index contributed by atoms with van der Waals surface area (Å²) in [6, 6.07) is 11.9. The van der Waals surface area contributed by atoms with E-state index < -0.39 is 0 Å². The molecule has 3 aromatic rings. The van der Waals surface area contributed by atoms with Crippen molar-refractivity contribution in [1.29, 1.82) is 0 Å². The standard InChI is InChI=1S/C20H22ClN5/c1-14-4-5-17(13-18(14)21)24-19-12-15(2)23-20(25-19)26(3)11-8-16-6-9-22-10-7-16/h4-7,9-10,12-13H,8,11H2,1-3H3,(H,23,24,25). The summed E-state index contributed by atoms with van der Waals surface area (Å²) in [5.74, 6) is 1.45. The van der Waals surface area contributed by atoms with Gasteiger partial charge in [0.2, 0.25) is 5.95 Å². The number of nitrogens with one attached hydrogen (secondary N) is 1. The van der Waals surface area contributed by atoms with Crippen LogP contribution >= 0.6 is 11.6 Å². The Kier molecular flexibility index (Phi) is 5.68. The SMILES string of the molecule is Cc1cc(Nc2ccc(C)c(Cl)c2)nc(N(C)CCc2ccncc2)n1. The molecule has 0 radical (unpaired) electrons. The van der Waals surface area contributed by atoms with Crippen LogP contribution in [-0.4, -0.2) is 28.5 Å². The fourth-order valence-electron chi connectivity index (χ4n) is 2.55. The number of aryl methyl sites for hydroxylation is 2. The van der Waals surface area contributed by atoms with Crippen LogP contribution in [0.2, 0.25) is 5.02 Å². The smallest absolute Gasteiger partial charge is 0.227 e. The van der Waals surface area contributed by atoms with Crippen LogP contribution in [-0.2, 0) is 6.42 Å². The molecule has 3 rings (SSSR count). The van der Waals surface area contributed by atoms with Gasteiger partial charge in [-0.05, 0) is 55.7 Å². The highest BCUT2D eigenvalue weighted by Crippen LogP contribution is 2.23. The molecule has 134 valence electrons. The number of halogens is 1. The highest BCUT2D eigenvalue weighted by Gasteiger charge is 2.08. The minimum atomic E-state index is 0.694. The van der Waals surface area contributed by atoms with Crippen LogP contribution in [0.4, 0.5) is 17.5 Å². The maximum Gasteiger partial charge on any atom is 0.227 e. The van der Waals surface area contributed by atoms with Gasteiger partial charge in [-0.25, -0.2) is 4.98 Å². The molecule has 2 aromatic heterocycles. The minimum absolute atomic E-state index is 0.694. The molecule has 0 aliphatic carbocycles. The number of pyridine rings is 1. The van der Waals surface area contributed by atoms with E-state index >= 15 is 0 Å². The lowest BCUT2D eigenvalue weighted by atomic mass is 10.2. The van der Waals surface area contributed by atoms with Crippen molar-refractivity contribution in [2.75, 3.05) is 23.8 Å². The number of benzene rings is 1. The van der Waals surface area contributed by atoms with Crippen LogP contribution in [0.15, 0.2) is 48.8 Å². The average molecular weight is 368 g/mol. The van der Waals surface area contributed by atoms with Gasteiger partial charge in [0.05, 0.1) is 0 Å². The molecular weight excluding hydrogens is 346 g/mol. The molecule has 1 N–H and O–H groups in total. The van der Waals surface area contributed by atoms with Crippen molar-refractivity contribution in [2.24, 2.45) is 0 Å². The third kappa shape index (κ3) is 4.70. The second-order valence-corrected chi connectivity index (χ2v) is 6.72. The molecule has 1 aromatic carbocycles. The number of likely N-dealkylation sites (N-methyl/N-ethyl adjacent to an activating group) is 1. The van der Waals surface area contributed by atoms with E-state index in [1.54, 1.807) is 0 Å². The maximum absolute atomic E-state index is 6.21. The Labute approximate surface area is 159 Å². The Balaban J connectivity index is 1.73. The number of anilines is 3. The predicted octanol–water partition coefficient (Wildman–Crippen LogP) is 4.56. The van der Waals surface area contributed by atoms with Crippen molar-refractivity contribution in [3.05, 3.63) is 70.6 Å². The molecule has 0 atom stereocenters. The van der Waals surface area contributed by atoms with E-state index in [0.29, 0.717) is 5.95 Å². The molecule has 0 saturated heterocycles. The molecule has 6 heteroatoms. The van der Waals surface area contributed by atoms with Crippen molar-refractivity contribution in [3.63, 3.8) is 0 Å². The molecular formula is C20H22ClN5. The van der Waals surface area contributed by atoms with E-state index in [0.717, 1.165) is 40.8 Å². The summed E-state index contributed by atoms with van der Waals surface area (Å²) in [6.07, 6.45) is 4.53. The first-order valence-corrected chi connectivity index (χ1v) is 8.88. The monoisotopic (exact) mass is 367 g/mol. The van der Waals surface area contributed by atoms with Crippen LogP contribution in [0.5, 0.6) is 0 Å². The average Bonchev–Trinajstić information content (AvgIpc) is 2.63. The van der Waals surface area contributed by atoms with Crippen molar-refractivity contribution in [2.45, 2.75) is 20.3 Å². The number of aromatic nitrogens is 3. The van der Waals surface area contributed by atoms with Crippen molar-refractivity contribution in [3.8, 4) is 0 Å². The fraction of sp³-hybridized carbons (Fsp3) is 0.250. The summed E-state index contributed by atoms with van der Waals surface area (Å²) in [5, 5.41) is 4.04. The summed E-state index contributed by atoms with van der Waals surface area (Å²) >= 11 is 6.21. The van der Waals surface area contributed by atoms with Gasteiger partial charge in [-0.15, -0.1) is 0 Å². The fourth-order valence-corrected chi connectivity index (χ4v) is 2.73. The minimum Gasteiger partial charge on any atom is -0.343 e. The Morgan fingerprint density at radius 2 is 1.81 bits per heavy atom.